The van der Waals surface area contributed by atoms with Crippen LogP contribution in [-0.2, 0) is 6.54 Å². The molecular formula is C26H33ClN6O2. The lowest BCUT2D eigenvalue weighted by atomic mass is 9.79. The molecule has 2 aliphatic heterocycles. The number of likely N-dealkylation sites (tertiary alicyclic amines) is 1. The minimum atomic E-state index is 0. The highest BCUT2D eigenvalue weighted by Crippen LogP contribution is 2.42. The molecule has 5 rings (SSSR count). The molecule has 0 bridgehead atoms. The lowest BCUT2D eigenvalue weighted by molar-refractivity contribution is 0.226. The van der Waals surface area contributed by atoms with E-state index in [1.54, 1.807) is 4.80 Å². The number of piperidine rings is 1. The first-order valence-electron chi connectivity index (χ1n) is 12.2. The van der Waals surface area contributed by atoms with E-state index in [0.717, 1.165) is 53.4 Å². The van der Waals surface area contributed by atoms with Gasteiger partial charge in [-0.05, 0) is 63.7 Å². The van der Waals surface area contributed by atoms with Crippen molar-refractivity contribution in [3.8, 4) is 22.9 Å². The number of benzene rings is 2. The van der Waals surface area contributed by atoms with Gasteiger partial charge in [0, 0.05) is 29.2 Å². The number of hydrogen-bond donors (Lipinski definition) is 0. The van der Waals surface area contributed by atoms with E-state index in [1.165, 1.54) is 5.56 Å². The van der Waals surface area contributed by atoms with Crippen LogP contribution < -0.4 is 9.47 Å². The number of rotatable bonds is 7. The van der Waals surface area contributed by atoms with Crippen molar-refractivity contribution in [2.45, 2.75) is 45.7 Å². The second kappa shape index (κ2) is 10.7. The van der Waals surface area contributed by atoms with E-state index in [-0.39, 0.29) is 18.4 Å². The lowest BCUT2D eigenvalue weighted by Gasteiger charge is -2.39. The molecule has 2 atom stereocenters. The van der Waals surface area contributed by atoms with Crippen LogP contribution >= 0.6 is 12.4 Å². The van der Waals surface area contributed by atoms with E-state index in [2.05, 4.69) is 51.6 Å². The number of halogens is 1. The fraction of sp³-hybridized carbons (Fsp3) is 0.462. The monoisotopic (exact) mass is 496 g/mol. The fourth-order valence-corrected chi connectivity index (χ4v) is 4.92. The molecule has 1 saturated heterocycles. The van der Waals surface area contributed by atoms with Gasteiger partial charge in [0.25, 0.3) is 0 Å². The van der Waals surface area contributed by atoms with Crippen LogP contribution in [-0.4, -0.2) is 70.2 Å². The van der Waals surface area contributed by atoms with Crippen LogP contribution in [0.3, 0.4) is 0 Å². The van der Waals surface area contributed by atoms with Crippen LogP contribution in [0.4, 0.5) is 0 Å². The third-order valence-corrected chi connectivity index (χ3v) is 6.60. The summed E-state index contributed by atoms with van der Waals surface area (Å²) in [6.07, 6.45) is 1.05. The molecular weight excluding hydrogens is 464 g/mol. The molecule has 3 heterocycles. The molecule has 9 heteroatoms. The second-order valence-electron chi connectivity index (χ2n) is 8.83. The van der Waals surface area contributed by atoms with Gasteiger partial charge in [0.15, 0.2) is 11.5 Å². The Bertz CT molecular complexity index is 1190. The van der Waals surface area contributed by atoms with Gasteiger partial charge in [-0.25, -0.2) is 0 Å². The maximum absolute atomic E-state index is 5.98. The number of aliphatic imine (C=N–C) groups is 1. The first-order chi connectivity index (χ1) is 16.6. The average molecular weight is 497 g/mol. The van der Waals surface area contributed by atoms with Gasteiger partial charge in [0.2, 0.25) is 5.82 Å². The molecule has 0 radical (unpaired) electrons. The third-order valence-electron chi connectivity index (χ3n) is 6.60. The summed E-state index contributed by atoms with van der Waals surface area (Å²) in [5.41, 5.74) is 5.47. The summed E-state index contributed by atoms with van der Waals surface area (Å²) in [5.74, 6) is 2.57. The molecule has 3 aromatic rings. The predicted octanol–water partition coefficient (Wildman–Crippen LogP) is 4.22. The molecule has 186 valence electrons. The van der Waals surface area contributed by atoms with Gasteiger partial charge in [0.05, 0.1) is 31.5 Å². The molecule has 2 aromatic carbocycles. The third kappa shape index (κ3) is 4.90. The zero-order chi connectivity index (χ0) is 23.7. The Morgan fingerprint density at radius 1 is 0.971 bits per heavy atom. The number of aromatic nitrogens is 4. The van der Waals surface area contributed by atoms with E-state index < -0.39 is 0 Å². The number of aryl methyl sites for hydroxylation is 1. The van der Waals surface area contributed by atoms with Crippen molar-refractivity contribution in [3.63, 3.8) is 0 Å². The molecule has 1 aromatic heterocycles. The van der Waals surface area contributed by atoms with E-state index in [9.17, 15) is 0 Å². The number of nitrogens with zero attached hydrogens (tertiary/aromatic N) is 6. The summed E-state index contributed by atoms with van der Waals surface area (Å²) in [4.78, 5) is 9.28. The summed E-state index contributed by atoms with van der Waals surface area (Å²) < 4.78 is 11.9. The van der Waals surface area contributed by atoms with Crippen molar-refractivity contribution < 1.29 is 9.47 Å². The first kappa shape index (κ1) is 25.1. The van der Waals surface area contributed by atoms with Gasteiger partial charge in [-0.2, -0.15) is 4.80 Å². The highest BCUT2D eigenvalue weighted by Gasteiger charge is 2.36. The van der Waals surface area contributed by atoms with Gasteiger partial charge < -0.3 is 14.4 Å². The van der Waals surface area contributed by atoms with Crippen molar-refractivity contribution in [3.05, 3.63) is 53.1 Å². The number of ether oxygens (including phenoxy) is 2. The summed E-state index contributed by atoms with van der Waals surface area (Å²) in [6, 6.07) is 12.9. The van der Waals surface area contributed by atoms with Crippen molar-refractivity contribution in [1.82, 2.24) is 25.1 Å². The van der Waals surface area contributed by atoms with Gasteiger partial charge in [-0.3, -0.25) is 4.99 Å². The first-order valence-corrected chi connectivity index (χ1v) is 12.2. The fourth-order valence-electron chi connectivity index (χ4n) is 4.92. The molecule has 2 aliphatic rings. The molecule has 8 nitrogen and oxygen atoms in total. The Kier molecular flexibility index (Phi) is 7.72. The molecule has 0 amide bonds. The van der Waals surface area contributed by atoms with Gasteiger partial charge in [-0.15, -0.1) is 22.6 Å². The van der Waals surface area contributed by atoms with Crippen molar-refractivity contribution in [1.29, 1.82) is 0 Å². The van der Waals surface area contributed by atoms with E-state index in [4.69, 9.17) is 14.5 Å². The maximum Gasteiger partial charge on any atom is 0.204 e. The van der Waals surface area contributed by atoms with Crippen LogP contribution in [0.1, 0.15) is 49.8 Å². The SMILES string of the molecule is CCOc1cc2c(cc1OCC)C1CN(C)CCC1N=C2c1ccc(-c2nnn(CC)n2)cc1.Cl. The standard InChI is InChI=1S/C26H32N6O2.ClH/c1-5-32-29-26(28-30-32)18-10-8-17(9-11-18)25-20-15-24(34-7-3)23(33-6-2)14-19(20)21-16-31(4)13-12-22(21)27-25;/h8-11,14-15,21-22H,5-7,12-13,16H2,1-4H3;1H. The number of likely N-dealkylation sites (N-methyl/N-ethyl adjacent to an activating group) is 1. The van der Waals surface area contributed by atoms with Gasteiger partial charge >= 0.3 is 0 Å². The van der Waals surface area contributed by atoms with Crippen molar-refractivity contribution in [2.24, 2.45) is 4.99 Å². The van der Waals surface area contributed by atoms with Crippen molar-refractivity contribution >= 4 is 18.1 Å². The van der Waals surface area contributed by atoms with E-state index in [0.29, 0.717) is 31.5 Å². The lowest BCUT2D eigenvalue weighted by Crippen LogP contribution is -2.41. The molecule has 2 unspecified atom stereocenters. The molecule has 0 saturated carbocycles. The van der Waals surface area contributed by atoms with Crippen LogP contribution in [0.25, 0.3) is 11.4 Å². The van der Waals surface area contributed by atoms with Crippen LogP contribution in [0.15, 0.2) is 41.4 Å². The minimum absolute atomic E-state index is 0. The van der Waals surface area contributed by atoms with Crippen molar-refractivity contribution in [2.75, 3.05) is 33.4 Å². The molecule has 0 spiro atoms. The number of tetrazole rings is 1. The molecule has 35 heavy (non-hydrogen) atoms. The Balaban J connectivity index is 0.00000289. The smallest absolute Gasteiger partial charge is 0.204 e. The average Bonchev–Trinajstić information content (AvgIpc) is 3.34. The second-order valence-corrected chi connectivity index (χ2v) is 8.83. The van der Waals surface area contributed by atoms with Gasteiger partial charge in [-0.1, -0.05) is 24.3 Å². The summed E-state index contributed by atoms with van der Waals surface area (Å²) >= 11 is 0. The van der Waals surface area contributed by atoms with Gasteiger partial charge in [0.1, 0.15) is 0 Å². The number of fused-ring (bicyclic) bond motifs is 3. The number of hydrogen-bond acceptors (Lipinski definition) is 7. The molecule has 0 aliphatic carbocycles. The van der Waals surface area contributed by atoms with Crippen LogP contribution in [0.5, 0.6) is 11.5 Å². The molecule has 1 fully saturated rings. The Morgan fingerprint density at radius 2 is 1.66 bits per heavy atom. The quantitative estimate of drug-likeness (QED) is 0.487. The highest BCUT2D eigenvalue weighted by molar-refractivity contribution is 6.15. The van der Waals surface area contributed by atoms with Crippen LogP contribution in [0.2, 0.25) is 0 Å². The zero-order valence-electron chi connectivity index (χ0n) is 20.8. The Hall–Kier alpha value is -2.97. The minimum Gasteiger partial charge on any atom is -0.490 e. The summed E-state index contributed by atoms with van der Waals surface area (Å²) in [5, 5.41) is 12.7. The van der Waals surface area contributed by atoms with E-state index >= 15 is 0 Å². The summed E-state index contributed by atoms with van der Waals surface area (Å²) in [7, 11) is 2.19. The van der Waals surface area contributed by atoms with Crippen LogP contribution in [0, 0.1) is 0 Å². The predicted molar refractivity (Wildman–Crippen MR) is 139 cm³/mol. The largest absolute Gasteiger partial charge is 0.490 e. The Morgan fingerprint density at radius 3 is 2.31 bits per heavy atom. The van der Waals surface area contributed by atoms with E-state index in [1.807, 2.05) is 32.9 Å². The highest BCUT2D eigenvalue weighted by atomic mass is 35.5. The normalized spacial score (nSPS) is 19.3. The topological polar surface area (TPSA) is 77.7 Å². The molecule has 0 N–H and O–H groups in total. The maximum atomic E-state index is 5.98. The summed E-state index contributed by atoms with van der Waals surface area (Å²) in [6.45, 7) is 9.93. The zero-order valence-corrected chi connectivity index (χ0v) is 21.6. The Labute approximate surface area is 212 Å².